The van der Waals surface area contributed by atoms with E-state index in [1.807, 2.05) is 20.0 Å². The Labute approximate surface area is 105 Å². The Morgan fingerprint density at radius 3 is 2.72 bits per heavy atom. The van der Waals surface area contributed by atoms with E-state index in [1.165, 1.54) is 0 Å². The summed E-state index contributed by atoms with van der Waals surface area (Å²) in [7, 11) is 1.85. The zero-order valence-electron chi connectivity index (χ0n) is 10.7. The van der Waals surface area contributed by atoms with Crippen molar-refractivity contribution in [3.8, 4) is 0 Å². The molecular formula is C13H17FN4. The van der Waals surface area contributed by atoms with Crippen LogP contribution < -0.4 is 10.2 Å². The number of benzene rings is 1. The predicted molar refractivity (Wildman–Crippen MR) is 70.5 cm³/mol. The third-order valence-electron chi connectivity index (χ3n) is 3.56. The first-order valence-electron chi connectivity index (χ1n) is 6.25. The summed E-state index contributed by atoms with van der Waals surface area (Å²) in [4.78, 5) is 2.09. The van der Waals surface area contributed by atoms with Crippen molar-refractivity contribution in [2.45, 2.75) is 6.92 Å². The number of fused-ring (bicyclic) bond motifs is 1. The summed E-state index contributed by atoms with van der Waals surface area (Å²) in [5.74, 6) is -0.160. The second-order valence-electron chi connectivity index (χ2n) is 4.77. The molecule has 0 saturated carbocycles. The van der Waals surface area contributed by atoms with E-state index in [0.717, 1.165) is 42.8 Å². The summed E-state index contributed by atoms with van der Waals surface area (Å²) < 4.78 is 15.9. The van der Waals surface area contributed by atoms with Crippen LogP contribution in [0.3, 0.4) is 0 Å². The SMILES string of the molecule is Cc1nn(C)c2cc(F)c(N3CCNCC3)cc12. The molecule has 0 amide bonds. The van der Waals surface area contributed by atoms with Gasteiger partial charge >= 0.3 is 0 Å². The molecule has 0 unspecified atom stereocenters. The van der Waals surface area contributed by atoms with Crippen molar-refractivity contribution >= 4 is 16.6 Å². The molecule has 0 radical (unpaired) electrons. The molecule has 1 fully saturated rings. The minimum atomic E-state index is -0.160. The molecule has 0 bridgehead atoms. The van der Waals surface area contributed by atoms with Crippen LogP contribution in [0.5, 0.6) is 0 Å². The zero-order valence-corrected chi connectivity index (χ0v) is 10.7. The maximum absolute atomic E-state index is 14.2. The molecule has 4 nitrogen and oxygen atoms in total. The lowest BCUT2D eigenvalue weighted by Gasteiger charge is -2.29. The lowest BCUT2D eigenvalue weighted by molar-refractivity contribution is 0.567. The molecule has 18 heavy (non-hydrogen) atoms. The number of rotatable bonds is 1. The second kappa shape index (κ2) is 4.24. The van der Waals surface area contributed by atoms with E-state index in [-0.39, 0.29) is 5.82 Å². The number of nitrogens with zero attached hydrogens (tertiary/aromatic N) is 3. The number of halogens is 1. The van der Waals surface area contributed by atoms with E-state index < -0.39 is 0 Å². The van der Waals surface area contributed by atoms with Crippen molar-refractivity contribution in [3.05, 3.63) is 23.6 Å². The number of hydrogen-bond acceptors (Lipinski definition) is 3. The maximum atomic E-state index is 14.2. The molecule has 5 heteroatoms. The maximum Gasteiger partial charge on any atom is 0.148 e. The van der Waals surface area contributed by atoms with Gasteiger partial charge in [0.05, 0.1) is 16.9 Å². The van der Waals surface area contributed by atoms with E-state index in [4.69, 9.17) is 0 Å². The van der Waals surface area contributed by atoms with Gasteiger partial charge in [-0.3, -0.25) is 4.68 Å². The highest BCUT2D eigenvalue weighted by molar-refractivity contribution is 5.85. The number of piperazine rings is 1. The Morgan fingerprint density at radius 1 is 1.28 bits per heavy atom. The molecule has 96 valence electrons. The van der Waals surface area contributed by atoms with E-state index >= 15 is 0 Å². The normalized spacial score (nSPS) is 16.5. The minimum absolute atomic E-state index is 0.160. The smallest absolute Gasteiger partial charge is 0.148 e. The summed E-state index contributed by atoms with van der Waals surface area (Å²) in [6.07, 6.45) is 0. The van der Waals surface area contributed by atoms with Gasteiger partial charge < -0.3 is 10.2 Å². The fourth-order valence-electron chi connectivity index (χ4n) is 2.59. The van der Waals surface area contributed by atoms with Crippen molar-refractivity contribution in [1.29, 1.82) is 0 Å². The fourth-order valence-corrected chi connectivity index (χ4v) is 2.59. The van der Waals surface area contributed by atoms with Gasteiger partial charge in [-0.25, -0.2) is 4.39 Å². The largest absolute Gasteiger partial charge is 0.367 e. The van der Waals surface area contributed by atoms with E-state index in [2.05, 4.69) is 15.3 Å². The Kier molecular flexibility index (Phi) is 2.70. The average molecular weight is 248 g/mol. The van der Waals surface area contributed by atoms with Crippen LogP contribution in [0.2, 0.25) is 0 Å². The number of nitrogens with one attached hydrogen (secondary N) is 1. The van der Waals surface area contributed by atoms with Crippen LogP contribution in [-0.4, -0.2) is 36.0 Å². The topological polar surface area (TPSA) is 33.1 Å². The molecule has 0 spiro atoms. The van der Waals surface area contributed by atoms with Crippen LogP contribution in [0, 0.1) is 12.7 Å². The quantitative estimate of drug-likeness (QED) is 0.829. The van der Waals surface area contributed by atoms with Gasteiger partial charge in [0.15, 0.2) is 0 Å². The molecule has 1 saturated heterocycles. The Morgan fingerprint density at radius 2 is 2.00 bits per heavy atom. The molecule has 0 atom stereocenters. The van der Waals surface area contributed by atoms with Crippen molar-refractivity contribution in [1.82, 2.24) is 15.1 Å². The van der Waals surface area contributed by atoms with Gasteiger partial charge in [0.1, 0.15) is 5.82 Å². The van der Waals surface area contributed by atoms with Crippen LogP contribution >= 0.6 is 0 Å². The summed E-state index contributed by atoms with van der Waals surface area (Å²) in [6.45, 7) is 5.47. The number of anilines is 1. The van der Waals surface area contributed by atoms with Crippen molar-refractivity contribution < 1.29 is 4.39 Å². The first kappa shape index (κ1) is 11.5. The number of aryl methyl sites for hydroxylation is 2. The highest BCUT2D eigenvalue weighted by Crippen LogP contribution is 2.27. The lowest BCUT2D eigenvalue weighted by Crippen LogP contribution is -2.43. The van der Waals surface area contributed by atoms with Crippen LogP contribution in [0.25, 0.3) is 10.9 Å². The highest BCUT2D eigenvalue weighted by Gasteiger charge is 2.17. The van der Waals surface area contributed by atoms with Crippen molar-refractivity contribution in [2.75, 3.05) is 31.1 Å². The van der Waals surface area contributed by atoms with Gasteiger partial charge in [0, 0.05) is 44.7 Å². The van der Waals surface area contributed by atoms with Gasteiger partial charge in [-0.05, 0) is 13.0 Å². The Balaban J connectivity index is 2.11. The third-order valence-corrected chi connectivity index (χ3v) is 3.56. The lowest BCUT2D eigenvalue weighted by atomic mass is 10.1. The summed E-state index contributed by atoms with van der Waals surface area (Å²) >= 11 is 0. The standard InChI is InChI=1S/C13H17FN4/c1-9-10-7-13(18-5-3-15-4-6-18)11(14)8-12(10)17(2)16-9/h7-8,15H,3-6H2,1-2H3. The molecular weight excluding hydrogens is 231 g/mol. The molecule has 2 heterocycles. The average Bonchev–Trinajstić information content (AvgIpc) is 2.65. The van der Waals surface area contributed by atoms with E-state index in [9.17, 15) is 4.39 Å². The molecule has 1 aromatic carbocycles. The van der Waals surface area contributed by atoms with Crippen LogP contribution in [-0.2, 0) is 7.05 Å². The molecule has 0 aliphatic carbocycles. The van der Waals surface area contributed by atoms with Gasteiger partial charge in [0.25, 0.3) is 0 Å². The molecule has 1 aliphatic rings. The van der Waals surface area contributed by atoms with Crippen LogP contribution in [0.4, 0.5) is 10.1 Å². The number of hydrogen-bond donors (Lipinski definition) is 1. The molecule has 1 aliphatic heterocycles. The Hall–Kier alpha value is -1.62. The van der Waals surface area contributed by atoms with E-state index in [1.54, 1.807) is 10.7 Å². The molecule has 3 rings (SSSR count). The molecule has 2 aromatic rings. The predicted octanol–water partition coefficient (Wildman–Crippen LogP) is 1.43. The second-order valence-corrected chi connectivity index (χ2v) is 4.77. The fraction of sp³-hybridized carbons (Fsp3) is 0.462. The molecule has 1 N–H and O–H groups in total. The highest BCUT2D eigenvalue weighted by atomic mass is 19.1. The summed E-state index contributed by atoms with van der Waals surface area (Å²) in [6, 6.07) is 3.52. The zero-order chi connectivity index (χ0) is 12.7. The third kappa shape index (κ3) is 1.75. The molecule has 1 aromatic heterocycles. The van der Waals surface area contributed by atoms with Crippen LogP contribution in [0.15, 0.2) is 12.1 Å². The van der Waals surface area contributed by atoms with E-state index in [0.29, 0.717) is 5.69 Å². The first-order valence-corrected chi connectivity index (χ1v) is 6.25. The number of aromatic nitrogens is 2. The summed E-state index contributed by atoms with van der Waals surface area (Å²) in [5.41, 5.74) is 2.49. The minimum Gasteiger partial charge on any atom is -0.367 e. The first-order chi connectivity index (χ1) is 8.66. The summed E-state index contributed by atoms with van der Waals surface area (Å²) in [5, 5.41) is 8.65. The monoisotopic (exact) mass is 248 g/mol. The Bertz CT molecular complexity index is 584. The van der Waals surface area contributed by atoms with Crippen molar-refractivity contribution in [3.63, 3.8) is 0 Å². The van der Waals surface area contributed by atoms with Gasteiger partial charge in [-0.15, -0.1) is 0 Å². The van der Waals surface area contributed by atoms with Gasteiger partial charge in [-0.1, -0.05) is 0 Å². The van der Waals surface area contributed by atoms with Gasteiger partial charge in [-0.2, -0.15) is 5.10 Å². The van der Waals surface area contributed by atoms with Crippen molar-refractivity contribution in [2.24, 2.45) is 7.05 Å². The van der Waals surface area contributed by atoms with Crippen LogP contribution in [0.1, 0.15) is 5.69 Å². The van der Waals surface area contributed by atoms with Gasteiger partial charge in [0.2, 0.25) is 0 Å².